The number of allylic oxidation sites excluding steroid dienone is 12. The minimum Gasteiger partial charge on any atom is -0.311 e. The van der Waals surface area contributed by atoms with Gasteiger partial charge in [-0.3, -0.25) is 0 Å². The molecule has 43 heavy (non-hydrogen) atoms. The minimum absolute atomic E-state index is 0.894. The Morgan fingerprint density at radius 2 is 0.558 bits per heavy atom. The van der Waals surface area contributed by atoms with Crippen LogP contribution in [0, 0.1) is 0 Å². The van der Waals surface area contributed by atoms with Crippen LogP contribution < -0.4 is 4.90 Å². The normalized spacial score (nSPS) is 17.1. The third-order valence-electron chi connectivity index (χ3n) is 6.96. The molecule has 5 aliphatic rings. The highest BCUT2D eigenvalue weighted by atomic mass is 15.1. The summed E-state index contributed by atoms with van der Waals surface area (Å²) in [5.74, 6) is 0. The molecule has 5 aliphatic heterocycles. The second-order valence-electron chi connectivity index (χ2n) is 10.1. The topological polar surface area (TPSA) is 52.7 Å². The summed E-state index contributed by atoms with van der Waals surface area (Å²) in [6.45, 7) is 0. The molecule has 0 saturated heterocycles. The van der Waals surface area contributed by atoms with Crippen LogP contribution in [-0.2, 0) is 0 Å². The van der Waals surface area contributed by atoms with E-state index in [2.05, 4.69) is 97.7 Å². The molecule has 5 nitrogen and oxygen atoms in total. The van der Waals surface area contributed by atoms with Gasteiger partial charge in [0.2, 0.25) is 0 Å². The van der Waals surface area contributed by atoms with Gasteiger partial charge in [-0.25, -0.2) is 20.0 Å². The van der Waals surface area contributed by atoms with E-state index in [0.29, 0.717) is 0 Å². The van der Waals surface area contributed by atoms with Crippen LogP contribution in [0.15, 0.2) is 207 Å². The van der Waals surface area contributed by atoms with E-state index in [1.165, 1.54) is 17.1 Å². The first-order chi connectivity index (χ1) is 21.2. The number of para-hydroxylation sites is 3. The van der Waals surface area contributed by atoms with Gasteiger partial charge in [0.25, 0.3) is 0 Å². The summed E-state index contributed by atoms with van der Waals surface area (Å²) in [7, 11) is 0. The van der Waals surface area contributed by atoms with Crippen molar-refractivity contribution in [1.82, 2.24) is 0 Å². The molecule has 0 N–H and O–H groups in total. The Labute approximate surface area is 251 Å². The molecule has 0 spiro atoms. The van der Waals surface area contributed by atoms with E-state index >= 15 is 0 Å². The summed E-state index contributed by atoms with van der Waals surface area (Å²) in [5.41, 5.74) is 10.6. The predicted molar refractivity (Wildman–Crippen MR) is 180 cm³/mol. The smallest absolute Gasteiger partial charge is 0.0659 e. The molecular weight excluding hydrogens is 526 g/mol. The molecule has 0 aliphatic carbocycles. The number of anilines is 3. The average Bonchev–Trinajstić information content (AvgIpc) is 3.86. The number of aliphatic imine (C=N–C) groups is 4. The van der Waals surface area contributed by atoms with Gasteiger partial charge in [-0.05, 0) is 109 Å². The van der Waals surface area contributed by atoms with Gasteiger partial charge in [0, 0.05) is 17.1 Å². The lowest BCUT2D eigenvalue weighted by atomic mass is 10.2. The maximum Gasteiger partial charge on any atom is 0.0659 e. The van der Waals surface area contributed by atoms with Gasteiger partial charge in [-0.1, -0.05) is 54.6 Å². The van der Waals surface area contributed by atoms with Crippen molar-refractivity contribution in [2.24, 2.45) is 20.0 Å². The van der Waals surface area contributed by atoms with E-state index in [9.17, 15) is 0 Å². The largest absolute Gasteiger partial charge is 0.311 e. The molecule has 0 unspecified atom stereocenters. The third-order valence-corrected chi connectivity index (χ3v) is 6.96. The van der Waals surface area contributed by atoms with Gasteiger partial charge in [0.1, 0.15) is 0 Å². The van der Waals surface area contributed by atoms with Gasteiger partial charge in [-0.15, -0.1) is 0 Å². The molecule has 3 aromatic carbocycles. The van der Waals surface area contributed by atoms with E-state index in [1.54, 1.807) is 0 Å². The fourth-order valence-corrected chi connectivity index (χ4v) is 5.01. The first-order valence-corrected chi connectivity index (χ1v) is 14.1. The number of fused-ring (bicyclic) bond motifs is 4. The van der Waals surface area contributed by atoms with Crippen LogP contribution in [0.5, 0.6) is 0 Å². The van der Waals surface area contributed by atoms with Crippen LogP contribution in [0.2, 0.25) is 0 Å². The zero-order valence-corrected chi connectivity index (χ0v) is 23.3. The fraction of sp³-hybridized carbons (Fsp3) is 0. The summed E-state index contributed by atoms with van der Waals surface area (Å²) in [4.78, 5) is 20.6. The predicted octanol–water partition coefficient (Wildman–Crippen LogP) is 8.74. The molecule has 8 bridgehead atoms. The fourth-order valence-electron chi connectivity index (χ4n) is 5.01. The summed E-state index contributed by atoms with van der Waals surface area (Å²) in [6.07, 6.45) is 23.8. The minimum atomic E-state index is 0.894. The Kier molecular flexibility index (Phi) is 7.19. The Morgan fingerprint density at radius 3 is 0.814 bits per heavy atom. The van der Waals surface area contributed by atoms with Crippen LogP contribution >= 0.6 is 0 Å². The Balaban J connectivity index is 0.000000144. The van der Waals surface area contributed by atoms with E-state index in [4.69, 9.17) is 0 Å². The zero-order chi connectivity index (χ0) is 28.8. The van der Waals surface area contributed by atoms with Gasteiger partial charge >= 0.3 is 0 Å². The second-order valence-corrected chi connectivity index (χ2v) is 10.1. The highest BCUT2D eigenvalue weighted by molar-refractivity contribution is 6.14. The SMILES string of the molecule is C1=CC2=NC1=CC1=NC(=CC3=NC(=CC4=NC(=C2)C=C4)C=C3)C=C1.c1ccc(N(c2ccccc2)c2ccccc2)cc1. The highest BCUT2D eigenvalue weighted by Crippen LogP contribution is 2.33. The van der Waals surface area contributed by atoms with Crippen LogP contribution in [0.3, 0.4) is 0 Å². The summed E-state index contributed by atoms with van der Waals surface area (Å²) < 4.78 is 0. The molecular formula is C38H27N5. The maximum atomic E-state index is 4.59. The van der Waals surface area contributed by atoms with Crippen LogP contribution in [0.25, 0.3) is 0 Å². The number of hydrogen-bond acceptors (Lipinski definition) is 5. The van der Waals surface area contributed by atoms with Crippen molar-refractivity contribution in [2.75, 3.05) is 4.90 Å². The quantitative estimate of drug-likeness (QED) is 0.320. The number of rotatable bonds is 3. The van der Waals surface area contributed by atoms with Crippen molar-refractivity contribution in [3.8, 4) is 0 Å². The van der Waals surface area contributed by atoms with Gasteiger partial charge in [0.15, 0.2) is 0 Å². The van der Waals surface area contributed by atoms with E-state index in [1.807, 2.05) is 91.1 Å². The first-order valence-electron chi connectivity index (χ1n) is 14.1. The second kappa shape index (κ2) is 11.9. The summed E-state index contributed by atoms with van der Waals surface area (Å²) in [6, 6.07) is 31.3. The molecule has 5 heteroatoms. The molecule has 0 amide bonds. The van der Waals surface area contributed by atoms with Crippen LogP contribution in [0.1, 0.15) is 0 Å². The van der Waals surface area contributed by atoms with Crippen molar-refractivity contribution < 1.29 is 0 Å². The zero-order valence-electron chi connectivity index (χ0n) is 23.3. The number of hydrogen-bond donors (Lipinski definition) is 0. The van der Waals surface area contributed by atoms with Crippen molar-refractivity contribution >= 4 is 39.9 Å². The Bertz CT molecular complexity index is 1650. The molecule has 0 aromatic heterocycles. The van der Waals surface area contributed by atoms with Crippen molar-refractivity contribution in [2.45, 2.75) is 0 Å². The van der Waals surface area contributed by atoms with Crippen molar-refractivity contribution in [1.29, 1.82) is 0 Å². The lowest BCUT2D eigenvalue weighted by molar-refractivity contribution is 1.28. The van der Waals surface area contributed by atoms with E-state index in [0.717, 1.165) is 45.6 Å². The van der Waals surface area contributed by atoms with Crippen molar-refractivity contribution in [3.63, 3.8) is 0 Å². The lowest BCUT2D eigenvalue weighted by Gasteiger charge is -2.25. The Morgan fingerprint density at radius 1 is 0.302 bits per heavy atom. The molecule has 3 aromatic rings. The Hall–Kier alpha value is -5.94. The molecule has 5 heterocycles. The number of nitrogens with zero attached hydrogens (tertiary/aromatic N) is 5. The standard InChI is InChI=1S/C20H12N4.C18H15N/c1-2-14-10-16-5-6-18(23-16)12-20-8-7-19(24-20)11-17-4-3-15(22-17)9-13(1)21-14;1-4-10-16(11-5-1)19(17-12-6-2-7-13-17)18-14-8-3-9-15-18/h1-12H;1-15H. The van der Waals surface area contributed by atoms with Gasteiger partial charge < -0.3 is 4.90 Å². The maximum absolute atomic E-state index is 4.59. The van der Waals surface area contributed by atoms with Crippen LogP contribution in [-0.4, -0.2) is 22.8 Å². The molecule has 0 fully saturated rings. The average molecular weight is 554 g/mol. The lowest BCUT2D eigenvalue weighted by Crippen LogP contribution is -2.09. The van der Waals surface area contributed by atoms with E-state index in [-0.39, 0.29) is 0 Å². The number of benzene rings is 3. The molecule has 0 saturated carbocycles. The monoisotopic (exact) mass is 553 g/mol. The van der Waals surface area contributed by atoms with E-state index < -0.39 is 0 Å². The summed E-state index contributed by atoms with van der Waals surface area (Å²) in [5, 5.41) is 0. The molecule has 0 atom stereocenters. The van der Waals surface area contributed by atoms with Gasteiger partial charge in [-0.2, -0.15) is 0 Å². The highest BCUT2D eigenvalue weighted by Gasteiger charge is 2.12. The molecule has 204 valence electrons. The first kappa shape index (κ1) is 26.0. The van der Waals surface area contributed by atoms with Crippen LogP contribution in [0.4, 0.5) is 17.1 Å². The third kappa shape index (κ3) is 6.21. The molecule has 0 radical (unpaired) electrons. The molecule has 8 rings (SSSR count). The summed E-state index contributed by atoms with van der Waals surface area (Å²) >= 11 is 0. The van der Waals surface area contributed by atoms with Crippen molar-refractivity contribution in [3.05, 3.63) is 187 Å². The van der Waals surface area contributed by atoms with Gasteiger partial charge in [0.05, 0.1) is 45.6 Å².